The van der Waals surface area contributed by atoms with Crippen molar-refractivity contribution in [2.45, 2.75) is 95.2 Å². The molecule has 0 unspecified atom stereocenters. The molecule has 2 fully saturated rings. The average molecular weight is 702 g/mol. The van der Waals surface area contributed by atoms with E-state index in [1.165, 1.54) is 4.90 Å². The van der Waals surface area contributed by atoms with Crippen molar-refractivity contribution >= 4 is 29.6 Å². The van der Waals surface area contributed by atoms with E-state index in [9.17, 15) is 37.1 Å². The SMILES string of the molecule is CC(C)(C)OC(=O)CNC1CCN(C(=O)N[C@@H](Cc2ccccc2)C(=O)N2CCC[C@H]2C(=O)N[C@@H](Cc2ccccc2)C(=O)C(F)(F)F)CC1. The molecule has 50 heavy (non-hydrogen) atoms. The number of piperidine rings is 1. The summed E-state index contributed by atoms with van der Waals surface area (Å²) in [7, 11) is 0. The van der Waals surface area contributed by atoms with Crippen molar-refractivity contribution in [3.63, 3.8) is 0 Å². The van der Waals surface area contributed by atoms with E-state index in [0.29, 0.717) is 37.9 Å². The molecule has 2 aliphatic rings. The third-order valence-electron chi connectivity index (χ3n) is 8.65. The topological polar surface area (TPSA) is 137 Å². The highest BCUT2D eigenvalue weighted by Crippen LogP contribution is 2.23. The lowest BCUT2D eigenvalue weighted by Gasteiger charge is -2.34. The number of esters is 1. The number of ketones is 1. The summed E-state index contributed by atoms with van der Waals surface area (Å²) in [6.45, 7) is 6.32. The smallest absolute Gasteiger partial charge is 0.452 e. The number of rotatable bonds is 12. The third kappa shape index (κ3) is 11.3. The van der Waals surface area contributed by atoms with Crippen LogP contribution in [-0.4, -0.2) is 102 Å². The van der Waals surface area contributed by atoms with E-state index in [1.54, 1.807) is 80.3 Å². The first kappa shape index (κ1) is 38.3. The Hall–Kier alpha value is -4.46. The van der Waals surface area contributed by atoms with Crippen LogP contribution in [0.2, 0.25) is 0 Å². The molecule has 4 amide bonds. The van der Waals surface area contributed by atoms with Crippen LogP contribution in [0, 0.1) is 0 Å². The predicted octanol–water partition coefficient (Wildman–Crippen LogP) is 3.55. The van der Waals surface area contributed by atoms with Crippen LogP contribution < -0.4 is 16.0 Å². The lowest BCUT2D eigenvalue weighted by atomic mass is 10.0. The first-order valence-corrected chi connectivity index (χ1v) is 16.9. The van der Waals surface area contributed by atoms with Gasteiger partial charge in [-0.15, -0.1) is 0 Å². The molecule has 2 saturated heterocycles. The summed E-state index contributed by atoms with van der Waals surface area (Å²) in [5, 5.41) is 8.29. The van der Waals surface area contributed by atoms with Gasteiger partial charge >= 0.3 is 18.2 Å². The number of alkyl halides is 3. The minimum atomic E-state index is -5.18. The molecule has 2 aromatic rings. The summed E-state index contributed by atoms with van der Waals surface area (Å²) < 4.78 is 45.9. The number of carbonyl (C=O) groups excluding carboxylic acids is 5. The first-order valence-electron chi connectivity index (χ1n) is 16.9. The zero-order valence-electron chi connectivity index (χ0n) is 28.6. The summed E-state index contributed by atoms with van der Waals surface area (Å²) in [5.74, 6) is -3.85. The number of carbonyl (C=O) groups is 5. The number of halogens is 3. The minimum absolute atomic E-state index is 0.00729. The lowest BCUT2D eigenvalue weighted by Crippen LogP contribution is -2.58. The number of hydrogen-bond acceptors (Lipinski definition) is 7. The Morgan fingerprint density at radius 1 is 0.800 bits per heavy atom. The van der Waals surface area contributed by atoms with Gasteiger partial charge in [0, 0.05) is 38.5 Å². The van der Waals surface area contributed by atoms with Crippen molar-refractivity contribution in [3.05, 3.63) is 71.8 Å². The number of likely N-dealkylation sites (tertiary alicyclic amines) is 2. The van der Waals surface area contributed by atoms with E-state index >= 15 is 0 Å². The van der Waals surface area contributed by atoms with Crippen LogP contribution in [0.5, 0.6) is 0 Å². The molecule has 0 aliphatic carbocycles. The second kappa shape index (κ2) is 17.0. The molecule has 0 bridgehead atoms. The standard InChI is InChI=1S/C36H46F3N5O6/c1-35(2,3)50-30(45)23-40-26-16-19-43(20-17-26)34(49)42-28(22-25-13-8-5-9-14-25)33(48)44-18-10-15-29(44)32(47)41-27(31(46)36(37,38)39)21-24-11-6-4-7-12-24/h4-9,11-14,26-29,40H,10,15-23H2,1-3H3,(H,41,47)(H,42,49)/t27-,28-,29-/m0/s1. The minimum Gasteiger partial charge on any atom is -0.459 e. The second-order valence-corrected chi connectivity index (χ2v) is 13.7. The van der Waals surface area contributed by atoms with Crippen molar-refractivity contribution in [1.29, 1.82) is 0 Å². The van der Waals surface area contributed by atoms with Crippen LogP contribution in [0.4, 0.5) is 18.0 Å². The molecule has 0 aromatic heterocycles. The molecule has 3 N–H and O–H groups in total. The van der Waals surface area contributed by atoms with Crippen LogP contribution in [0.1, 0.15) is 57.6 Å². The maximum Gasteiger partial charge on any atom is 0.452 e. The zero-order valence-corrected chi connectivity index (χ0v) is 28.6. The normalized spacial score (nSPS) is 18.2. The van der Waals surface area contributed by atoms with Gasteiger partial charge in [0.05, 0.1) is 6.54 Å². The van der Waals surface area contributed by atoms with Crippen molar-refractivity contribution in [2.75, 3.05) is 26.2 Å². The van der Waals surface area contributed by atoms with E-state index in [1.807, 2.05) is 6.07 Å². The van der Waals surface area contributed by atoms with Crippen molar-refractivity contribution < 1.29 is 41.9 Å². The highest BCUT2D eigenvalue weighted by molar-refractivity contribution is 5.96. The number of nitrogens with zero attached hydrogens (tertiary/aromatic N) is 2. The largest absolute Gasteiger partial charge is 0.459 e. The predicted molar refractivity (Wildman–Crippen MR) is 179 cm³/mol. The van der Waals surface area contributed by atoms with Crippen LogP contribution in [0.3, 0.4) is 0 Å². The molecule has 0 radical (unpaired) electrons. The van der Waals surface area contributed by atoms with Gasteiger partial charge in [-0.1, -0.05) is 60.7 Å². The summed E-state index contributed by atoms with van der Waals surface area (Å²) in [6.07, 6.45) is -3.68. The Labute approximate surface area is 290 Å². The van der Waals surface area contributed by atoms with Gasteiger partial charge in [0.1, 0.15) is 23.7 Å². The van der Waals surface area contributed by atoms with Crippen molar-refractivity contribution in [1.82, 2.24) is 25.8 Å². The summed E-state index contributed by atoms with van der Waals surface area (Å²) >= 11 is 0. The van der Waals surface area contributed by atoms with Gasteiger partial charge in [-0.2, -0.15) is 13.2 Å². The second-order valence-electron chi connectivity index (χ2n) is 13.7. The quantitative estimate of drug-likeness (QED) is 0.288. The first-order chi connectivity index (χ1) is 23.6. The average Bonchev–Trinajstić information content (AvgIpc) is 3.56. The summed E-state index contributed by atoms with van der Waals surface area (Å²) in [6, 6.07) is 12.5. The maximum absolute atomic E-state index is 14.1. The zero-order chi connectivity index (χ0) is 36.5. The molecule has 2 heterocycles. The summed E-state index contributed by atoms with van der Waals surface area (Å²) in [4.78, 5) is 68.4. The fourth-order valence-corrected chi connectivity index (χ4v) is 6.21. The van der Waals surface area contributed by atoms with E-state index in [2.05, 4.69) is 16.0 Å². The number of hydrogen-bond donors (Lipinski definition) is 3. The molecular weight excluding hydrogens is 655 g/mol. The maximum atomic E-state index is 14.1. The van der Waals surface area contributed by atoms with Gasteiger partial charge < -0.3 is 30.5 Å². The van der Waals surface area contributed by atoms with Gasteiger partial charge in [0.25, 0.3) is 5.78 Å². The lowest BCUT2D eigenvalue weighted by molar-refractivity contribution is -0.173. The fraction of sp³-hybridized carbons (Fsp3) is 0.528. The summed E-state index contributed by atoms with van der Waals surface area (Å²) in [5.41, 5.74) is 0.599. The third-order valence-corrected chi connectivity index (χ3v) is 8.65. The molecule has 0 saturated carbocycles. The molecular formula is C36H46F3N5O6. The molecule has 11 nitrogen and oxygen atoms in total. The van der Waals surface area contributed by atoms with E-state index < -0.39 is 53.5 Å². The Morgan fingerprint density at radius 2 is 1.36 bits per heavy atom. The van der Waals surface area contributed by atoms with Crippen LogP contribution in [-0.2, 0) is 36.8 Å². The van der Waals surface area contributed by atoms with Crippen LogP contribution in [0.25, 0.3) is 0 Å². The number of ether oxygens (including phenoxy) is 1. The Balaban J connectivity index is 1.42. The molecule has 272 valence electrons. The number of benzene rings is 2. The van der Waals surface area contributed by atoms with Gasteiger partial charge in [0.2, 0.25) is 11.8 Å². The molecule has 3 atom stereocenters. The number of Topliss-reactive ketones (excluding diaryl/α,β-unsaturated/α-hetero) is 1. The Bertz CT molecular complexity index is 1480. The molecule has 2 aliphatic heterocycles. The Morgan fingerprint density at radius 3 is 1.90 bits per heavy atom. The highest BCUT2D eigenvalue weighted by atomic mass is 19.4. The van der Waals surface area contributed by atoms with E-state index in [4.69, 9.17) is 4.74 Å². The Kier molecular flexibility index (Phi) is 13.0. The van der Waals surface area contributed by atoms with Gasteiger partial charge in [-0.3, -0.25) is 19.2 Å². The molecule has 14 heteroatoms. The van der Waals surface area contributed by atoms with E-state index in [0.717, 1.165) is 5.56 Å². The van der Waals surface area contributed by atoms with Crippen molar-refractivity contribution in [3.8, 4) is 0 Å². The van der Waals surface area contributed by atoms with E-state index in [-0.39, 0.29) is 44.4 Å². The van der Waals surface area contributed by atoms with Crippen molar-refractivity contribution in [2.24, 2.45) is 0 Å². The highest BCUT2D eigenvalue weighted by Gasteiger charge is 2.46. The monoisotopic (exact) mass is 701 g/mol. The number of urea groups is 1. The molecule has 4 rings (SSSR count). The number of amides is 4. The van der Waals surface area contributed by atoms with Crippen LogP contribution in [0.15, 0.2) is 60.7 Å². The molecule has 2 aromatic carbocycles. The van der Waals surface area contributed by atoms with Gasteiger partial charge in [-0.05, 0) is 57.6 Å². The fourth-order valence-electron chi connectivity index (χ4n) is 6.21. The molecule has 0 spiro atoms. The number of nitrogens with one attached hydrogen (secondary N) is 3. The van der Waals surface area contributed by atoms with Gasteiger partial charge in [-0.25, -0.2) is 4.79 Å². The van der Waals surface area contributed by atoms with Crippen LogP contribution >= 0.6 is 0 Å². The van der Waals surface area contributed by atoms with Gasteiger partial charge in [0.15, 0.2) is 0 Å².